The predicted molar refractivity (Wildman–Crippen MR) is 95.8 cm³/mol. The molecule has 1 fully saturated rings. The highest BCUT2D eigenvalue weighted by Crippen LogP contribution is 2.22. The van der Waals surface area contributed by atoms with Gasteiger partial charge < -0.3 is 10.1 Å². The number of carbonyl (C=O) groups is 2. The Labute approximate surface area is 158 Å². The molecule has 0 unspecified atom stereocenters. The number of carbonyl (C=O) groups excluding carboxylic acids is 2. The Morgan fingerprint density at radius 3 is 2.63 bits per heavy atom. The molecule has 10 heteroatoms. The molecule has 0 bridgehead atoms. The summed E-state index contributed by atoms with van der Waals surface area (Å²) < 4.78 is 33.1. The Morgan fingerprint density at radius 1 is 1.37 bits per heavy atom. The highest BCUT2D eigenvalue weighted by Gasteiger charge is 2.39. The smallest absolute Gasteiger partial charge is 0.411 e. The lowest BCUT2D eigenvalue weighted by molar-refractivity contribution is -0.110. The summed E-state index contributed by atoms with van der Waals surface area (Å²) in [6.07, 6.45) is -0.729. The molecule has 0 saturated carbocycles. The third-order valence-corrected chi connectivity index (χ3v) is 5.39. The van der Waals surface area contributed by atoms with Gasteiger partial charge in [-0.1, -0.05) is 12.1 Å². The van der Waals surface area contributed by atoms with E-state index < -0.39 is 33.9 Å². The van der Waals surface area contributed by atoms with Crippen LogP contribution in [0.2, 0.25) is 0 Å². The number of likely N-dealkylation sites (tertiary alicyclic amines) is 1. The Balaban J connectivity index is 2.19. The third-order valence-electron chi connectivity index (χ3n) is 3.81. The number of ether oxygens (including phenoxy) is 1. The molecule has 2 N–H and O–H groups in total. The van der Waals surface area contributed by atoms with Crippen molar-refractivity contribution in [1.82, 2.24) is 14.9 Å². The van der Waals surface area contributed by atoms with Crippen LogP contribution in [0.3, 0.4) is 0 Å². The van der Waals surface area contributed by atoms with Crippen LogP contribution in [-0.4, -0.2) is 50.2 Å². The van der Waals surface area contributed by atoms with Crippen molar-refractivity contribution in [3.05, 3.63) is 29.8 Å². The molecule has 146 valence electrons. The van der Waals surface area contributed by atoms with Gasteiger partial charge in [-0.2, -0.15) is 5.26 Å². The van der Waals surface area contributed by atoms with E-state index in [0.29, 0.717) is 6.41 Å². The Morgan fingerprint density at radius 2 is 2.04 bits per heavy atom. The van der Waals surface area contributed by atoms with Gasteiger partial charge in [-0.15, -0.1) is 0 Å². The monoisotopic (exact) mass is 394 g/mol. The molecule has 9 nitrogen and oxygen atoms in total. The van der Waals surface area contributed by atoms with Crippen LogP contribution in [0.5, 0.6) is 0 Å². The lowest BCUT2D eigenvalue weighted by atomic mass is 10.2. The molecule has 1 aliphatic rings. The molecule has 1 aromatic carbocycles. The van der Waals surface area contributed by atoms with Crippen LogP contribution in [0.25, 0.3) is 0 Å². The van der Waals surface area contributed by atoms with Crippen molar-refractivity contribution in [3.63, 3.8) is 0 Å². The molecule has 1 heterocycles. The van der Waals surface area contributed by atoms with Gasteiger partial charge in [0.2, 0.25) is 16.4 Å². The fourth-order valence-electron chi connectivity index (χ4n) is 2.76. The van der Waals surface area contributed by atoms with Crippen LogP contribution in [0.4, 0.5) is 4.79 Å². The molecule has 0 aromatic heterocycles. The summed E-state index contributed by atoms with van der Waals surface area (Å²) in [5.74, 6) is 0. The minimum Gasteiger partial charge on any atom is -0.444 e. The van der Waals surface area contributed by atoms with Gasteiger partial charge in [0.15, 0.2) is 0 Å². The highest BCUT2D eigenvalue weighted by atomic mass is 32.2. The lowest BCUT2D eigenvalue weighted by Crippen LogP contribution is -2.46. The SMILES string of the molecule is CC(C)(C)OC(=O)N1C[C@H](NS(=O)(=O)c2ccccc2C#N)C[C@H]1NC=O. The van der Waals surface area contributed by atoms with Gasteiger partial charge in [-0.25, -0.2) is 17.9 Å². The zero-order valence-electron chi connectivity index (χ0n) is 15.3. The zero-order chi connectivity index (χ0) is 20.2. The predicted octanol–water partition coefficient (Wildman–Crippen LogP) is 0.918. The molecule has 0 spiro atoms. The maximum absolute atomic E-state index is 12.7. The molecule has 2 atom stereocenters. The second kappa shape index (κ2) is 7.94. The molecular formula is C17H22N4O5S. The van der Waals surface area contributed by atoms with Crippen LogP contribution in [-0.2, 0) is 19.6 Å². The number of nitrogens with one attached hydrogen (secondary N) is 2. The highest BCUT2D eigenvalue weighted by molar-refractivity contribution is 7.89. The van der Waals surface area contributed by atoms with E-state index in [1.54, 1.807) is 26.8 Å². The zero-order valence-corrected chi connectivity index (χ0v) is 16.1. The first-order valence-electron chi connectivity index (χ1n) is 8.28. The summed E-state index contributed by atoms with van der Waals surface area (Å²) in [5.41, 5.74) is -0.707. The van der Waals surface area contributed by atoms with Crippen LogP contribution in [0.1, 0.15) is 32.8 Å². The fraction of sp³-hybridized carbons (Fsp3) is 0.471. The van der Waals surface area contributed by atoms with E-state index in [1.165, 1.54) is 23.1 Å². The largest absolute Gasteiger partial charge is 0.444 e. The maximum atomic E-state index is 12.7. The maximum Gasteiger partial charge on any atom is 0.411 e. The number of nitrogens with zero attached hydrogens (tertiary/aromatic N) is 2. The number of rotatable bonds is 5. The summed E-state index contributed by atoms with van der Waals surface area (Å²) in [4.78, 5) is 24.3. The van der Waals surface area contributed by atoms with E-state index in [2.05, 4.69) is 10.0 Å². The summed E-state index contributed by atoms with van der Waals surface area (Å²) in [6.45, 7) is 5.15. The van der Waals surface area contributed by atoms with Crippen LogP contribution < -0.4 is 10.0 Å². The summed E-state index contributed by atoms with van der Waals surface area (Å²) in [5, 5.41) is 11.6. The molecular weight excluding hydrogens is 372 g/mol. The number of hydrogen-bond donors (Lipinski definition) is 2. The van der Waals surface area contributed by atoms with Gasteiger partial charge in [0.25, 0.3) is 0 Å². The van der Waals surface area contributed by atoms with Crippen molar-refractivity contribution in [2.24, 2.45) is 0 Å². The van der Waals surface area contributed by atoms with Crippen molar-refractivity contribution in [2.75, 3.05) is 6.54 Å². The average Bonchev–Trinajstić information content (AvgIpc) is 2.95. The van der Waals surface area contributed by atoms with Gasteiger partial charge in [0.05, 0.1) is 10.5 Å². The number of amides is 2. The summed E-state index contributed by atoms with van der Waals surface area (Å²) in [7, 11) is -3.98. The van der Waals surface area contributed by atoms with Gasteiger partial charge in [0, 0.05) is 19.0 Å². The molecule has 1 aliphatic heterocycles. The Hall–Kier alpha value is -2.64. The van der Waals surface area contributed by atoms with Gasteiger partial charge in [-0.05, 0) is 32.9 Å². The summed E-state index contributed by atoms with van der Waals surface area (Å²) >= 11 is 0. The van der Waals surface area contributed by atoms with Crippen molar-refractivity contribution >= 4 is 22.5 Å². The molecule has 0 radical (unpaired) electrons. The quantitative estimate of drug-likeness (QED) is 0.715. The summed E-state index contributed by atoms with van der Waals surface area (Å²) in [6, 6.07) is 7.04. The topological polar surface area (TPSA) is 129 Å². The van der Waals surface area contributed by atoms with Crippen LogP contribution in [0, 0.1) is 11.3 Å². The first-order chi connectivity index (χ1) is 12.6. The minimum atomic E-state index is -3.98. The lowest BCUT2D eigenvalue weighted by Gasteiger charge is -2.28. The standard InChI is InChI=1S/C17H22N4O5S/c1-17(2,3)26-16(23)21-10-13(8-15(21)19-11-22)20-27(24,25)14-7-5-4-6-12(14)9-18/h4-7,11,13,15,20H,8,10H2,1-3H3,(H,19,22)/t13-,15+/m1/s1. The average molecular weight is 394 g/mol. The van der Waals surface area contributed by atoms with E-state index in [1.807, 2.05) is 6.07 Å². The number of benzene rings is 1. The van der Waals surface area contributed by atoms with Crippen molar-refractivity contribution in [3.8, 4) is 6.07 Å². The van der Waals surface area contributed by atoms with Crippen LogP contribution in [0.15, 0.2) is 29.2 Å². The first-order valence-corrected chi connectivity index (χ1v) is 9.76. The first kappa shape index (κ1) is 20.7. The Kier molecular flexibility index (Phi) is 6.08. The molecule has 2 amide bonds. The van der Waals surface area contributed by atoms with Gasteiger partial charge in [-0.3, -0.25) is 9.69 Å². The molecule has 27 heavy (non-hydrogen) atoms. The molecule has 2 rings (SSSR count). The second-order valence-corrected chi connectivity index (χ2v) is 8.78. The number of hydrogen-bond acceptors (Lipinski definition) is 6. The van der Waals surface area contributed by atoms with Gasteiger partial charge in [0.1, 0.15) is 17.8 Å². The van der Waals surface area contributed by atoms with E-state index in [0.717, 1.165) is 0 Å². The van der Waals surface area contributed by atoms with E-state index >= 15 is 0 Å². The van der Waals surface area contributed by atoms with Crippen molar-refractivity contribution < 1.29 is 22.7 Å². The second-order valence-electron chi connectivity index (χ2n) is 7.09. The van der Waals surface area contributed by atoms with Crippen molar-refractivity contribution in [2.45, 2.75) is 49.9 Å². The van der Waals surface area contributed by atoms with Crippen molar-refractivity contribution in [1.29, 1.82) is 5.26 Å². The molecule has 0 aliphatic carbocycles. The normalized spacial score (nSPS) is 20.0. The van der Waals surface area contributed by atoms with E-state index in [-0.39, 0.29) is 23.4 Å². The molecule has 1 aromatic rings. The number of nitriles is 1. The number of sulfonamides is 1. The minimum absolute atomic E-state index is 0.0222. The Bertz CT molecular complexity index is 857. The van der Waals surface area contributed by atoms with Crippen LogP contribution >= 0.6 is 0 Å². The molecule has 1 saturated heterocycles. The fourth-order valence-corrected chi connectivity index (χ4v) is 4.15. The van der Waals surface area contributed by atoms with E-state index in [9.17, 15) is 18.0 Å². The van der Waals surface area contributed by atoms with E-state index in [4.69, 9.17) is 10.00 Å². The van der Waals surface area contributed by atoms with Gasteiger partial charge >= 0.3 is 6.09 Å². The third kappa shape index (κ3) is 5.18.